The minimum atomic E-state index is -0.255. The van der Waals surface area contributed by atoms with Crippen molar-refractivity contribution in [3.05, 3.63) is 78.0 Å². The standard InChI is InChI=1S/C26H24N6O2/c33-25-21-8-4-7-19-15-20(32-17-23(28-29-32)18-5-2-1-3-6-18)16-22(24(19)21)26(34)31(25)14-13-30-11-9-27-10-12-30/h1-8,15-17,27H,9-14H2. The van der Waals surface area contributed by atoms with Crippen LogP contribution in [0.2, 0.25) is 0 Å². The molecule has 8 heteroatoms. The molecule has 2 aliphatic heterocycles. The third kappa shape index (κ3) is 3.57. The van der Waals surface area contributed by atoms with Gasteiger partial charge >= 0.3 is 0 Å². The Bertz CT molecular complexity index is 1390. The average Bonchev–Trinajstić information content (AvgIpc) is 3.38. The molecule has 0 radical (unpaired) electrons. The highest BCUT2D eigenvalue weighted by Crippen LogP contribution is 2.32. The molecule has 1 aromatic heterocycles. The van der Waals surface area contributed by atoms with Crippen LogP contribution in [0.3, 0.4) is 0 Å². The Kier molecular flexibility index (Phi) is 5.16. The van der Waals surface area contributed by atoms with Crippen LogP contribution >= 0.6 is 0 Å². The van der Waals surface area contributed by atoms with E-state index in [0.29, 0.717) is 29.6 Å². The summed E-state index contributed by atoms with van der Waals surface area (Å²) in [6.45, 7) is 4.74. The second-order valence-electron chi connectivity index (χ2n) is 8.66. The zero-order valence-corrected chi connectivity index (χ0v) is 18.6. The zero-order valence-electron chi connectivity index (χ0n) is 18.6. The van der Waals surface area contributed by atoms with Crippen molar-refractivity contribution in [3.63, 3.8) is 0 Å². The molecular weight excluding hydrogens is 428 g/mol. The minimum absolute atomic E-state index is 0.224. The van der Waals surface area contributed by atoms with E-state index in [1.54, 1.807) is 10.7 Å². The van der Waals surface area contributed by atoms with Crippen molar-refractivity contribution in [3.8, 4) is 16.9 Å². The van der Waals surface area contributed by atoms with Gasteiger partial charge < -0.3 is 5.32 Å². The van der Waals surface area contributed by atoms with Crippen LogP contribution in [0.25, 0.3) is 27.7 Å². The lowest BCUT2D eigenvalue weighted by Crippen LogP contribution is -2.49. The van der Waals surface area contributed by atoms with Crippen LogP contribution in [0.4, 0.5) is 0 Å². The van der Waals surface area contributed by atoms with Crippen molar-refractivity contribution in [2.24, 2.45) is 0 Å². The van der Waals surface area contributed by atoms with Crippen LogP contribution in [0.5, 0.6) is 0 Å². The molecule has 4 aromatic rings. The molecule has 1 fully saturated rings. The number of carbonyl (C=O) groups excluding carboxylic acids is 2. The van der Waals surface area contributed by atoms with Gasteiger partial charge in [0.1, 0.15) is 5.69 Å². The fourth-order valence-corrected chi connectivity index (χ4v) is 4.78. The van der Waals surface area contributed by atoms with Crippen molar-refractivity contribution >= 4 is 22.6 Å². The maximum absolute atomic E-state index is 13.5. The Morgan fingerprint density at radius 1 is 0.853 bits per heavy atom. The molecule has 0 atom stereocenters. The van der Waals surface area contributed by atoms with E-state index in [1.165, 1.54) is 4.90 Å². The first kappa shape index (κ1) is 20.7. The Labute approximate surface area is 196 Å². The summed E-state index contributed by atoms with van der Waals surface area (Å²) in [6.07, 6.45) is 1.85. The van der Waals surface area contributed by atoms with E-state index in [1.807, 2.05) is 60.8 Å². The fourth-order valence-electron chi connectivity index (χ4n) is 4.78. The van der Waals surface area contributed by atoms with E-state index in [2.05, 4.69) is 20.5 Å². The van der Waals surface area contributed by atoms with Gasteiger partial charge in [-0.05, 0) is 23.6 Å². The van der Waals surface area contributed by atoms with Crippen LogP contribution in [0.15, 0.2) is 66.9 Å². The van der Waals surface area contributed by atoms with Gasteiger partial charge in [-0.15, -0.1) is 5.10 Å². The van der Waals surface area contributed by atoms with Crippen LogP contribution in [-0.2, 0) is 0 Å². The number of carbonyl (C=O) groups is 2. The normalized spacial score (nSPS) is 16.4. The predicted octanol–water partition coefficient (Wildman–Crippen LogP) is 2.59. The Morgan fingerprint density at radius 2 is 1.65 bits per heavy atom. The highest BCUT2D eigenvalue weighted by Gasteiger charge is 2.33. The van der Waals surface area contributed by atoms with Crippen LogP contribution in [0.1, 0.15) is 20.7 Å². The summed E-state index contributed by atoms with van der Waals surface area (Å²) < 4.78 is 1.68. The number of hydrogen-bond acceptors (Lipinski definition) is 6. The number of nitrogens with zero attached hydrogens (tertiary/aromatic N) is 5. The first-order valence-corrected chi connectivity index (χ1v) is 11.5. The summed E-state index contributed by atoms with van der Waals surface area (Å²) in [6, 6.07) is 19.2. The molecule has 34 heavy (non-hydrogen) atoms. The number of nitrogens with one attached hydrogen (secondary N) is 1. The molecule has 2 aliphatic rings. The molecular formula is C26H24N6O2. The molecule has 1 saturated heterocycles. The summed E-state index contributed by atoms with van der Waals surface area (Å²) in [5, 5.41) is 13.5. The highest BCUT2D eigenvalue weighted by molar-refractivity contribution is 6.25. The van der Waals surface area contributed by atoms with E-state index < -0.39 is 0 Å². The summed E-state index contributed by atoms with van der Waals surface area (Å²) in [4.78, 5) is 30.4. The molecule has 0 spiro atoms. The second kappa shape index (κ2) is 8.48. The van der Waals surface area contributed by atoms with Crippen LogP contribution in [-0.4, -0.2) is 75.9 Å². The van der Waals surface area contributed by atoms with E-state index in [4.69, 9.17) is 0 Å². The van der Waals surface area contributed by atoms with Crippen molar-refractivity contribution < 1.29 is 9.59 Å². The summed E-state index contributed by atoms with van der Waals surface area (Å²) >= 11 is 0. The van der Waals surface area contributed by atoms with Crippen molar-refractivity contribution in [2.75, 3.05) is 39.3 Å². The molecule has 1 N–H and O–H groups in total. The molecule has 0 saturated carbocycles. The Morgan fingerprint density at radius 3 is 2.47 bits per heavy atom. The third-order valence-corrected chi connectivity index (χ3v) is 6.59. The number of aromatic nitrogens is 3. The van der Waals surface area contributed by atoms with Gasteiger partial charge in [0, 0.05) is 55.8 Å². The monoisotopic (exact) mass is 452 g/mol. The van der Waals surface area contributed by atoms with Gasteiger partial charge in [0.2, 0.25) is 0 Å². The lowest BCUT2D eigenvalue weighted by atomic mass is 9.93. The maximum Gasteiger partial charge on any atom is 0.261 e. The SMILES string of the molecule is O=C1c2cccc3cc(-n4cc(-c5ccccc5)nn4)cc(c23)C(=O)N1CCN1CCNCC1. The van der Waals surface area contributed by atoms with Gasteiger partial charge in [-0.25, -0.2) is 4.68 Å². The number of piperazine rings is 1. The molecule has 0 aliphatic carbocycles. The van der Waals surface area contributed by atoms with E-state index in [9.17, 15) is 9.59 Å². The molecule has 3 aromatic carbocycles. The summed E-state index contributed by atoms with van der Waals surface area (Å²) in [7, 11) is 0. The lowest BCUT2D eigenvalue weighted by molar-refractivity contribution is 0.0590. The molecule has 0 unspecified atom stereocenters. The smallest absolute Gasteiger partial charge is 0.261 e. The Balaban J connectivity index is 1.37. The maximum atomic E-state index is 13.5. The molecule has 0 bridgehead atoms. The van der Waals surface area contributed by atoms with Crippen molar-refractivity contribution in [2.45, 2.75) is 0 Å². The quantitative estimate of drug-likeness (QED) is 0.469. The van der Waals surface area contributed by atoms with Gasteiger partial charge in [0.05, 0.1) is 17.4 Å². The van der Waals surface area contributed by atoms with Gasteiger partial charge in [-0.3, -0.25) is 19.4 Å². The molecule has 170 valence electrons. The lowest BCUT2D eigenvalue weighted by Gasteiger charge is -2.32. The number of imide groups is 1. The zero-order chi connectivity index (χ0) is 23.1. The second-order valence-corrected chi connectivity index (χ2v) is 8.66. The van der Waals surface area contributed by atoms with Gasteiger partial charge in [-0.1, -0.05) is 47.7 Å². The van der Waals surface area contributed by atoms with Gasteiger partial charge in [-0.2, -0.15) is 0 Å². The summed E-state index contributed by atoms with van der Waals surface area (Å²) in [5.41, 5.74) is 3.56. The van der Waals surface area contributed by atoms with E-state index >= 15 is 0 Å². The Hall–Kier alpha value is -3.88. The average molecular weight is 453 g/mol. The fraction of sp³-hybridized carbons (Fsp3) is 0.231. The van der Waals surface area contributed by atoms with Crippen molar-refractivity contribution in [1.82, 2.24) is 30.1 Å². The minimum Gasteiger partial charge on any atom is -0.314 e. The largest absolute Gasteiger partial charge is 0.314 e. The van der Waals surface area contributed by atoms with E-state index in [0.717, 1.165) is 48.5 Å². The van der Waals surface area contributed by atoms with Crippen LogP contribution < -0.4 is 5.32 Å². The summed E-state index contributed by atoms with van der Waals surface area (Å²) in [5.74, 6) is -0.479. The highest BCUT2D eigenvalue weighted by atomic mass is 16.2. The molecule has 2 amide bonds. The number of hydrogen-bond donors (Lipinski definition) is 1. The predicted molar refractivity (Wildman–Crippen MR) is 129 cm³/mol. The third-order valence-electron chi connectivity index (χ3n) is 6.59. The van der Waals surface area contributed by atoms with Crippen LogP contribution in [0, 0.1) is 0 Å². The molecule has 6 rings (SSSR count). The number of benzene rings is 3. The first-order valence-electron chi connectivity index (χ1n) is 11.5. The molecule has 3 heterocycles. The van der Waals surface area contributed by atoms with Crippen molar-refractivity contribution in [1.29, 1.82) is 0 Å². The number of rotatable bonds is 5. The molecule has 8 nitrogen and oxygen atoms in total. The topological polar surface area (TPSA) is 83.4 Å². The first-order chi connectivity index (χ1) is 16.7. The van der Waals surface area contributed by atoms with Gasteiger partial charge in [0.25, 0.3) is 11.8 Å². The van der Waals surface area contributed by atoms with Gasteiger partial charge in [0.15, 0.2) is 0 Å². The van der Waals surface area contributed by atoms with E-state index in [-0.39, 0.29) is 11.8 Å². The number of amides is 2.